The van der Waals surface area contributed by atoms with Gasteiger partial charge in [-0.15, -0.1) is 0 Å². The number of ether oxygens (including phenoxy) is 1. The van der Waals surface area contributed by atoms with Gasteiger partial charge in [-0.25, -0.2) is 4.79 Å². The molecular weight excluding hydrogens is 158 g/mol. The van der Waals surface area contributed by atoms with E-state index < -0.39 is 23.7 Å². The highest BCUT2D eigenvalue weighted by atomic mass is 16.6. The van der Waals surface area contributed by atoms with Crippen LogP contribution in [0.5, 0.6) is 0 Å². The lowest BCUT2D eigenvalue weighted by Crippen LogP contribution is -2.42. The fourth-order valence-electron chi connectivity index (χ4n) is 0.577. The average molecular weight is 175 g/mol. The molecule has 0 saturated heterocycles. The number of carbonyl (C=O) groups excluding carboxylic acids is 1. The number of aliphatic hydroxyl groups excluding tert-OH is 1. The minimum absolute atomic E-state index is 0.576. The molecule has 4 nitrogen and oxygen atoms in total. The van der Waals surface area contributed by atoms with Crippen LogP contribution in [0, 0.1) is 0 Å². The summed E-state index contributed by atoms with van der Waals surface area (Å²) < 4.78 is 4.89. The second-order valence-electron chi connectivity index (χ2n) is 3.84. The van der Waals surface area contributed by atoms with Crippen molar-refractivity contribution >= 4 is 5.97 Å². The van der Waals surface area contributed by atoms with Gasteiger partial charge < -0.3 is 15.6 Å². The van der Waals surface area contributed by atoms with Gasteiger partial charge in [-0.3, -0.25) is 0 Å². The third-order valence-electron chi connectivity index (χ3n) is 1.15. The molecule has 0 aliphatic carbocycles. The number of hydrogen-bond donors (Lipinski definition) is 2. The first-order valence-corrected chi connectivity index (χ1v) is 3.90. The van der Waals surface area contributed by atoms with Gasteiger partial charge in [0.15, 0.2) is 6.10 Å². The molecule has 4 heteroatoms. The molecular formula is C8H17NO3. The monoisotopic (exact) mass is 175 g/mol. The summed E-state index contributed by atoms with van der Waals surface area (Å²) >= 11 is 0. The molecule has 3 N–H and O–H groups in total. The molecule has 0 bridgehead atoms. The van der Waals surface area contributed by atoms with Crippen LogP contribution in [-0.2, 0) is 9.53 Å². The van der Waals surface area contributed by atoms with Crippen LogP contribution in [0.25, 0.3) is 0 Å². The Bertz CT molecular complexity index is 160. The van der Waals surface area contributed by atoms with E-state index in [9.17, 15) is 4.79 Å². The molecule has 12 heavy (non-hydrogen) atoms. The van der Waals surface area contributed by atoms with Crippen LogP contribution in [0.3, 0.4) is 0 Å². The summed E-state index contributed by atoms with van der Waals surface area (Å²) in [7, 11) is 0. The second kappa shape index (κ2) is 3.87. The number of carbonyl (C=O) groups is 1. The SMILES string of the molecule is C[C@@H](N)[C@@H](O)C(=O)OC(C)(C)C. The fourth-order valence-corrected chi connectivity index (χ4v) is 0.577. The van der Waals surface area contributed by atoms with Crippen molar-refractivity contribution in [2.45, 2.75) is 45.4 Å². The lowest BCUT2D eigenvalue weighted by atomic mass is 10.1. The minimum Gasteiger partial charge on any atom is -0.458 e. The Kier molecular flexibility index (Phi) is 3.67. The number of aliphatic hydroxyl groups is 1. The summed E-state index contributed by atoms with van der Waals surface area (Å²) in [6, 6.07) is -0.597. The highest BCUT2D eigenvalue weighted by Crippen LogP contribution is 2.08. The lowest BCUT2D eigenvalue weighted by molar-refractivity contribution is -0.165. The summed E-state index contributed by atoms with van der Waals surface area (Å²) in [5.41, 5.74) is 4.73. The van der Waals surface area contributed by atoms with Crippen molar-refractivity contribution in [1.82, 2.24) is 0 Å². The summed E-state index contributed by atoms with van der Waals surface area (Å²) in [4.78, 5) is 11.0. The van der Waals surface area contributed by atoms with Crippen molar-refractivity contribution in [2.75, 3.05) is 0 Å². The first-order valence-electron chi connectivity index (χ1n) is 3.90. The summed E-state index contributed by atoms with van der Waals surface area (Å²) in [5.74, 6) is -0.669. The maximum Gasteiger partial charge on any atom is 0.337 e. The van der Waals surface area contributed by atoms with Crippen molar-refractivity contribution in [3.63, 3.8) is 0 Å². The van der Waals surface area contributed by atoms with E-state index >= 15 is 0 Å². The van der Waals surface area contributed by atoms with Crippen LogP contribution in [0.15, 0.2) is 0 Å². The zero-order valence-corrected chi connectivity index (χ0v) is 8.00. The topological polar surface area (TPSA) is 72.5 Å². The molecule has 0 aliphatic heterocycles. The Labute approximate surface area is 72.7 Å². The smallest absolute Gasteiger partial charge is 0.337 e. The highest BCUT2D eigenvalue weighted by molar-refractivity contribution is 5.75. The van der Waals surface area contributed by atoms with Gasteiger partial charge in [0.25, 0.3) is 0 Å². The second-order valence-corrected chi connectivity index (χ2v) is 3.84. The number of esters is 1. The fraction of sp³-hybridized carbons (Fsp3) is 0.875. The Balaban J connectivity index is 4.05. The Morgan fingerprint density at radius 2 is 1.92 bits per heavy atom. The van der Waals surface area contributed by atoms with Gasteiger partial charge in [0.05, 0.1) is 0 Å². The first-order chi connectivity index (χ1) is 5.24. The first kappa shape index (κ1) is 11.4. The summed E-state index contributed by atoms with van der Waals surface area (Å²) in [6.45, 7) is 6.75. The third kappa shape index (κ3) is 4.31. The standard InChI is InChI=1S/C8H17NO3/c1-5(9)6(10)7(11)12-8(2,3)4/h5-6,10H,9H2,1-4H3/t5-,6-/m1/s1. The van der Waals surface area contributed by atoms with E-state index in [1.54, 1.807) is 27.7 Å². The molecule has 0 saturated carbocycles. The summed E-state index contributed by atoms with van der Waals surface area (Å²) in [5, 5.41) is 9.16. The maximum atomic E-state index is 11.0. The largest absolute Gasteiger partial charge is 0.458 e. The van der Waals surface area contributed by atoms with Crippen LogP contribution >= 0.6 is 0 Å². The molecule has 0 heterocycles. The molecule has 0 aromatic carbocycles. The van der Waals surface area contributed by atoms with E-state index in [0.717, 1.165) is 0 Å². The number of nitrogens with two attached hydrogens (primary N) is 1. The molecule has 0 fully saturated rings. The average Bonchev–Trinajstić information content (AvgIpc) is 1.82. The van der Waals surface area contributed by atoms with E-state index in [4.69, 9.17) is 15.6 Å². The van der Waals surface area contributed by atoms with Gasteiger partial charge in [0, 0.05) is 6.04 Å². The predicted molar refractivity (Wildman–Crippen MR) is 45.5 cm³/mol. The van der Waals surface area contributed by atoms with Gasteiger partial charge in [-0.2, -0.15) is 0 Å². The van der Waals surface area contributed by atoms with Crippen LogP contribution < -0.4 is 5.73 Å². The molecule has 0 radical (unpaired) electrons. The number of hydrogen-bond acceptors (Lipinski definition) is 4. The van der Waals surface area contributed by atoms with E-state index in [1.807, 2.05) is 0 Å². The van der Waals surface area contributed by atoms with Gasteiger partial charge in [0.1, 0.15) is 5.60 Å². The van der Waals surface area contributed by atoms with Crippen LogP contribution in [-0.4, -0.2) is 28.8 Å². The Morgan fingerprint density at radius 3 is 2.17 bits per heavy atom. The van der Waals surface area contributed by atoms with Gasteiger partial charge in [0.2, 0.25) is 0 Å². The predicted octanol–water partition coefficient (Wildman–Crippen LogP) is 0.0362. The van der Waals surface area contributed by atoms with Crippen LogP contribution in [0.4, 0.5) is 0 Å². The number of rotatable bonds is 2. The Morgan fingerprint density at radius 1 is 1.50 bits per heavy atom. The van der Waals surface area contributed by atoms with E-state index in [0.29, 0.717) is 0 Å². The lowest BCUT2D eigenvalue weighted by Gasteiger charge is -2.22. The van der Waals surface area contributed by atoms with E-state index in [-0.39, 0.29) is 0 Å². The molecule has 0 aromatic rings. The quantitative estimate of drug-likeness (QED) is 0.581. The van der Waals surface area contributed by atoms with Crippen LogP contribution in [0.2, 0.25) is 0 Å². The van der Waals surface area contributed by atoms with E-state index in [2.05, 4.69) is 0 Å². The highest BCUT2D eigenvalue weighted by Gasteiger charge is 2.25. The molecule has 0 spiro atoms. The molecule has 72 valence electrons. The molecule has 0 aliphatic rings. The molecule has 0 amide bonds. The van der Waals surface area contributed by atoms with Crippen LogP contribution in [0.1, 0.15) is 27.7 Å². The molecule has 0 rings (SSSR count). The zero-order chi connectivity index (χ0) is 9.94. The van der Waals surface area contributed by atoms with Crippen molar-refractivity contribution in [3.05, 3.63) is 0 Å². The van der Waals surface area contributed by atoms with E-state index in [1.165, 1.54) is 0 Å². The van der Waals surface area contributed by atoms with Gasteiger partial charge >= 0.3 is 5.97 Å². The minimum atomic E-state index is -1.23. The van der Waals surface area contributed by atoms with Crippen molar-refractivity contribution < 1.29 is 14.6 Å². The third-order valence-corrected chi connectivity index (χ3v) is 1.15. The maximum absolute atomic E-state index is 11.0. The molecule has 0 aromatic heterocycles. The van der Waals surface area contributed by atoms with Crippen molar-refractivity contribution in [1.29, 1.82) is 0 Å². The Hall–Kier alpha value is -0.610. The normalized spacial score (nSPS) is 16.8. The molecule has 2 atom stereocenters. The van der Waals surface area contributed by atoms with Gasteiger partial charge in [-0.1, -0.05) is 0 Å². The zero-order valence-electron chi connectivity index (χ0n) is 8.00. The van der Waals surface area contributed by atoms with Gasteiger partial charge in [-0.05, 0) is 27.7 Å². The molecule has 0 unspecified atom stereocenters. The summed E-state index contributed by atoms with van der Waals surface area (Å²) in [6.07, 6.45) is -1.23. The van der Waals surface area contributed by atoms with Crippen molar-refractivity contribution in [2.24, 2.45) is 5.73 Å². The van der Waals surface area contributed by atoms with Crippen molar-refractivity contribution in [3.8, 4) is 0 Å².